The summed E-state index contributed by atoms with van der Waals surface area (Å²) in [4.78, 5) is 0. The highest BCUT2D eigenvalue weighted by Crippen LogP contribution is 2.28. The standard InChI is InChI=1S/C14H27NO2/c16-14(11-17-10-13-5-6-13)9-15-8-7-12-3-1-2-4-12/h12-16H,1-11H2. The number of aliphatic hydroxyl groups excluding tert-OH is 1. The first kappa shape index (κ1) is 13.3. The fraction of sp³-hybridized carbons (Fsp3) is 1.00. The smallest absolute Gasteiger partial charge is 0.0897 e. The molecule has 2 saturated carbocycles. The molecule has 0 bridgehead atoms. The molecule has 3 nitrogen and oxygen atoms in total. The third-order valence-electron chi connectivity index (χ3n) is 3.94. The average Bonchev–Trinajstić information content (AvgIpc) is 3.00. The van der Waals surface area contributed by atoms with Crippen molar-refractivity contribution in [2.45, 2.75) is 51.0 Å². The lowest BCUT2D eigenvalue weighted by atomic mass is 10.0. The summed E-state index contributed by atoms with van der Waals surface area (Å²) in [6.45, 7) is 3.06. The quantitative estimate of drug-likeness (QED) is 0.606. The summed E-state index contributed by atoms with van der Waals surface area (Å²) in [5.74, 6) is 1.73. The first-order valence-corrected chi connectivity index (χ1v) is 7.31. The Hall–Kier alpha value is -0.120. The van der Waals surface area contributed by atoms with E-state index in [0.717, 1.165) is 25.0 Å². The molecule has 0 aromatic carbocycles. The van der Waals surface area contributed by atoms with Gasteiger partial charge in [-0.25, -0.2) is 0 Å². The summed E-state index contributed by atoms with van der Waals surface area (Å²) < 4.78 is 5.46. The van der Waals surface area contributed by atoms with Crippen molar-refractivity contribution in [1.82, 2.24) is 5.32 Å². The fourth-order valence-corrected chi connectivity index (χ4v) is 2.59. The SMILES string of the molecule is OC(CNCCC1CCCC1)COCC1CC1. The molecule has 0 aliphatic heterocycles. The number of aliphatic hydroxyl groups is 1. The van der Waals surface area contributed by atoms with Gasteiger partial charge in [0.2, 0.25) is 0 Å². The molecule has 0 radical (unpaired) electrons. The lowest BCUT2D eigenvalue weighted by Gasteiger charge is -2.13. The van der Waals surface area contributed by atoms with Gasteiger partial charge in [0.05, 0.1) is 12.7 Å². The van der Waals surface area contributed by atoms with E-state index in [1.165, 1.54) is 44.9 Å². The molecule has 0 aromatic rings. The molecule has 17 heavy (non-hydrogen) atoms. The van der Waals surface area contributed by atoms with Crippen LogP contribution in [0.15, 0.2) is 0 Å². The minimum Gasteiger partial charge on any atom is -0.389 e. The van der Waals surface area contributed by atoms with Gasteiger partial charge in [-0.3, -0.25) is 0 Å². The first-order chi connectivity index (χ1) is 8.34. The van der Waals surface area contributed by atoms with Gasteiger partial charge in [0.15, 0.2) is 0 Å². The van der Waals surface area contributed by atoms with E-state index in [1.807, 2.05) is 0 Å². The Labute approximate surface area is 105 Å². The van der Waals surface area contributed by atoms with Crippen LogP contribution in [0, 0.1) is 11.8 Å². The second kappa shape index (κ2) is 7.34. The van der Waals surface area contributed by atoms with Crippen LogP contribution in [0.4, 0.5) is 0 Å². The Morgan fingerprint density at radius 1 is 1.12 bits per heavy atom. The number of rotatable bonds is 9. The average molecular weight is 241 g/mol. The van der Waals surface area contributed by atoms with E-state index in [4.69, 9.17) is 4.74 Å². The Morgan fingerprint density at radius 2 is 1.88 bits per heavy atom. The molecule has 2 N–H and O–H groups in total. The van der Waals surface area contributed by atoms with Crippen LogP contribution in [0.1, 0.15) is 44.9 Å². The molecule has 2 aliphatic carbocycles. The largest absolute Gasteiger partial charge is 0.389 e. The summed E-state index contributed by atoms with van der Waals surface area (Å²) in [6, 6.07) is 0. The maximum Gasteiger partial charge on any atom is 0.0897 e. The minimum absolute atomic E-state index is 0.336. The van der Waals surface area contributed by atoms with E-state index in [-0.39, 0.29) is 6.10 Å². The van der Waals surface area contributed by atoms with Gasteiger partial charge >= 0.3 is 0 Å². The predicted octanol–water partition coefficient (Wildman–Crippen LogP) is 1.94. The highest BCUT2D eigenvalue weighted by molar-refractivity contribution is 4.72. The van der Waals surface area contributed by atoms with Gasteiger partial charge in [0.1, 0.15) is 0 Å². The molecule has 3 heteroatoms. The van der Waals surface area contributed by atoms with E-state index in [0.29, 0.717) is 13.2 Å². The van der Waals surface area contributed by atoms with Gasteiger partial charge in [0.25, 0.3) is 0 Å². The summed E-state index contributed by atoms with van der Waals surface area (Å²) in [5.41, 5.74) is 0. The van der Waals surface area contributed by atoms with E-state index < -0.39 is 0 Å². The van der Waals surface area contributed by atoms with Crippen molar-refractivity contribution in [2.75, 3.05) is 26.3 Å². The van der Waals surface area contributed by atoms with E-state index in [2.05, 4.69) is 5.32 Å². The molecule has 0 aromatic heterocycles. The van der Waals surface area contributed by atoms with Crippen LogP contribution in [-0.4, -0.2) is 37.5 Å². The summed E-state index contributed by atoms with van der Waals surface area (Å²) in [6.07, 6.45) is 9.23. The molecule has 1 unspecified atom stereocenters. The highest BCUT2D eigenvalue weighted by Gasteiger charge is 2.21. The predicted molar refractivity (Wildman–Crippen MR) is 69.0 cm³/mol. The van der Waals surface area contributed by atoms with Crippen molar-refractivity contribution in [3.63, 3.8) is 0 Å². The normalized spacial score (nSPS) is 23.1. The zero-order valence-electron chi connectivity index (χ0n) is 10.9. The van der Waals surface area contributed by atoms with Crippen LogP contribution in [0.25, 0.3) is 0 Å². The Bertz CT molecular complexity index is 200. The van der Waals surface area contributed by atoms with Crippen LogP contribution in [0.5, 0.6) is 0 Å². The summed E-state index contributed by atoms with van der Waals surface area (Å²) in [5, 5.41) is 13.0. The molecule has 2 rings (SSSR count). The van der Waals surface area contributed by atoms with Crippen molar-refractivity contribution in [3.05, 3.63) is 0 Å². The summed E-state index contributed by atoms with van der Waals surface area (Å²) in [7, 11) is 0. The van der Waals surface area contributed by atoms with Gasteiger partial charge in [-0.2, -0.15) is 0 Å². The van der Waals surface area contributed by atoms with Crippen LogP contribution >= 0.6 is 0 Å². The van der Waals surface area contributed by atoms with E-state index in [1.54, 1.807) is 0 Å². The van der Waals surface area contributed by atoms with Gasteiger partial charge < -0.3 is 15.2 Å². The number of hydrogen-bond acceptors (Lipinski definition) is 3. The van der Waals surface area contributed by atoms with Crippen molar-refractivity contribution in [1.29, 1.82) is 0 Å². The second-order valence-corrected chi connectivity index (χ2v) is 5.78. The van der Waals surface area contributed by atoms with Crippen molar-refractivity contribution in [2.24, 2.45) is 11.8 Å². The van der Waals surface area contributed by atoms with Crippen LogP contribution in [0.3, 0.4) is 0 Å². The van der Waals surface area contributed by atoms with Crippen molar-refractivity contribution < 1.29 is 9.84 Å². The Morgan fingerprint density at radius 3 is 2.59 bits per heavy atom. The van der Waals surface area contributed by atoms with Crippen LogP contribution in [-0.2, 0) is 4.74 Å². The monoisotopic (exact) mass is 241 g/mol. The third kappa shape index (κ3) is 5.84. The molecular formula is C14H27NO2. The van der Waals surface area contributed by atoms with Crippen molar-refractivity contribution >= 4 is 0 Å². The Kier molecular flexibility index (Phi) is 5.75. The van der Waals surface area contributed by atoms with Gasteiger partial charge in [-0.05, 0) is 37.6 Å². The molecule has 2 fully saturated rings. The van der Waals surface area contributed by atoms with Crippen LogP contribution < -0.4 is 5.32 Å². The second-order valence-electron chi connectivity index (χ2n) is 5.78. The van der Waals surface area contributed by atoms with Gasteiger partial charge in [0, 0.05) is 13.2 Å². The van der Waals surface area contributed by atoms with E-state index in [9.17, 15) is 5.11 Å². The third-order valence-corrected chi connectivity index (χ3v) is 3.94. The van der Waals surface area contributed by atoms with Crippen molar-refractivity contribution in [3.8, 4) is 0 Å². The lowest BCUT2D eigenvalue weighted by molar-refractivity contribution is 0.0325. The highest BCUT2D eigenvalue weighted by atomic mass is 16.5. The van der Waals surface area contributed by atoms with Gasteiger partial charge in [-0.1, -0.05) is 25.7 Å². The maximum absolute atomic E-state index is 9.69. The number of nitrogens with one attached hydrogen (secondary N) is 1. The zero-order chi connectivity index (χ0) is 11.9. The lowest BCUT2D eigenvalue weighted by Crippen LogP contribution is -2.31. The number of hydrogen-bond donors (Lipinski definition) is 2. The molecule has 100 valence electrons. The van der Waals surface area contributed by atoms with Gasteiger partial charge in [-0.15, -0.1) is 0 Å². The Balaban J connectivity index is 1.38. The molecule has 0 saturated heterocycles. The topological polar surface area (TPSA) is 41.5 Å². The summed E-state index contributed by atoms with van der Waals surface area (Å²) >= 11 is 0. The fourth-order valence-electron chi connectivity index (χ4n) is 2.59. The van der Waals surface area contributed by atoms with E-state index >= 15 is 0 Å². The minimum atomic E-state index is -0.336. The molecule has 0 spiro atoms. The molecule has 2 aliphatic rings. The number of ether oxygens (including phenoxy) is 1. The molecule has 0 heterocycles. The van der Waals surface area contributed by atoms with Crippen LogP contribution in [0.2, 0.25) is 0 Å². The molecule has 0 amide bonds. The maximum atomic E-state index is 9.69. The molecule has 1 atom stereocenters. The first-order valence-electron chi connectivity index (χ1n) is 7.31. The molecular weight excluding hydrogens is 214 g/mol. The zero-order valence-corrected chi connectivity index (χ0v) is 10.9.